The Kier molecular flexibility index (Phi) is 14.6. The van der Waals surface area contributed by atoms with Gasteiger partial charge in [0.05, 0.1) is 6.10 Å². The van der Waals surface area contributed by atoms with Gasteiger partial charge in [0.25, 0.3) is 5.91 Å². The highest BCUT2D eigenvalue weighted by Gasteiger charge is 2.12. The first-order valence-electron chi connectivity index (χ1n) is 10.8. The monoisotopic (exact) mass is 516 g/mol. The molecule has 1 amide bonds. The highest BCUT2D eigenvalue weighted by Crippen LogP contribution is 2.20. The van der Waals surface area contributed by atoms with Crippen LogP contribution in [0.15, 0.2) is 35.3 Å². The normalized spacial score (nSPS) is 14.7. The quantitative estimate of drug-likeness (QED) is 0.182. The molecule has 1 aliphatic carbocycles. The van der Waals surface area contributed by atoms with E-state index >= 15 is 0 Å². The van der Waals surface area contributed by atoms with Gasteiger partial charge in [0, 0.05) is 38.3 Å². The van der Waals surface area contributed by atoms with Crippen LogP contribution in [0.3, 0.4) is 0 Å². The lowest BCUT2D eigenvalue weighted by Crippen LogP contribution is -2.38. The van der Waals surface area contributed by atoms with E-state index in [1.165, 1.54) is 32.1 Å². The fourth-order valence-electron chi connectivity index (χ4n) is 3.27. The van der Waals surface area contributed by atoms with Crippen molar-refractivity contribution >= 4 is 35.8 Å². The van der Waals surface area contributed by atoms with E-state index < -0.39 is 0 Å². The Balaban J connectivity index is 0.00000420. The topological polar surface area (TPSA) is 74.8 Å². The molecule has 3 N–H and O–H groups in total. The van der Waals surface area contributed by atoms with Gasteiger partial charge in [-0.3, -0.25) is 9.79 Å². The molecule has 0 aliphatic heterocycles. The molecule has 0 saturated heterocycles. The Labute approximate surface area is 192 Å². The molecule has 29 heavy (non-hydrogen) atoms. The molecule has 1 aliphatic rings. The molecule has 2 rings (SSSR count). The van der Waals surface area contributed by atoms with Gasteiger partial charge in [0.1, 0.15) is 0 Å². The summed E-state index contributed by atoms with van der Waals surface area (Å²) in [5, 5.41) is 9.54. The molecule has 1 saturated carbocycles. The summed E-state index contributed by atoms with van der Waals surface area (Å²) < 4.78 is 5.96. The van der Waals surface area contributed by atoms with E-state index in [1.54, 1.807) is 0 Å². The van der Waals surface area contributed by atoms with Crippen LogP contribution in [-0.4, -0.2) is 50.8 Å². The summed E-state index contributed by atoms with van der Waals surface area (Å²) in [5.41, 5.74) is 0.691. The summed E-state index contributed by atoms with van der Waals surface area (Å²) in [6.45, 7) is 5.83. The van der Waals surface area contributed by atoms with E-state index in [9.17, 15) is 4.79 Å². The van der Waals surface area contributed by atoms with Crippen molar-refractivity contribution in [3.05, 3.63) is 35.9 Å². The van der Waals surface area contributed by atoms with Crippen molar-refractivity contribution in [2.75, 3.05) is 32.8 Å². The summed E-state index contributed by atoms with van der Waals surface area (Å²) in [6.07, 6.45) is 8.68. The third-order valence-electron chi connectivity index (χ3n) is 4.79. The predicted octanol–water partition coefficient (Wildman–Crippen LogP) is 3.72. The smallest absolute Gasteiger partial charge is 0.251 e. The second-order valence-corrected chi connectivity index (χ2v) is 7.15. The number of carbonyl (C=O) groups is 1. The van der Waals surface area contributed by atoms with Crippen molar-refractivity contribution in [1.29, 1.82) is 0 Å². The lowest BCUT2D eigenvalue weighted by molar-refractivity contribution is 0.0277. The zero-order chi connectivity index (χ0) is 19.9. The van der Waals surface area contributed by atoms with E-state index in [0.29, 0.717) is 24.8 Å². The number of guanidine groups is 1. The third-order valence-corrected chi connectivity index (χ3v) is 4.79. The van der Waals surface area contributed by atoms with Gasteiger partial charge in [0.2, 0.25) is 0 Å². The van der Waals surface area contributed by atoms with Crippen LogP contribution in [0.25, 0.3) is 0 Å². The molecular formula is C22H37IN4O2. The minimum absolute atomic E-state index is 0. The maximum absolute atomic E-state index is 12.0. The minimum atomic E-state index is -0.0347. The highest BCUT2D eigenvalue weighted by atomic mass is 127. The van der Waals surface area contributed by atoms with Crippen LogP contribution in [-0.2, 0) is 4.74 Å². The molecule has 0 bridgehead atoms. The minimum Gasteiger partial charge on any atom is -0.378 e. The summed E-state index contributed by atoms with van der Waals surface area (Å²) in [6, 6.07) is 9.28. The standard InChI is InChI=1S/C22H36N4O2.HI/c1-2-23-22(26-17-10-18-28-20-13-7-4-8-14-20)25-16-9-15-24-21(27)19-11-5-3-6-12-19;/h3,5-6,11-12,20H,2,4,7-10,13-18H2,1H3,(H,24,27)(H2,23,25,26);1H. The summed E-state index contributed by atoms with van der Waals surface area (Å²) >= 11 is 0. The molecular weight excluding hydrogens is 479 g/mol. The Bertz CT molecular complexity index is 577. The number of hydrogen-bond acceptors (Lipinski definition) is 3. The Morgan fingerprint density at radius 3 is 2.48 bits per heavy atom. The molecule has 1 aromatic rings. The van der Waals surface area contributed by atoms with Crippen LogP contribution >= 0.6 is 24.0 Å². The molecule has 0 spiro atoms. The molecule has 0 aromatic heterocycles. The fourth-order valence-corrected chi connectivity index (χ4v) is 3.27. The molecule has 0 unspecified atom stereocenters. The van der Waals surface area contributed by atoms with Crippen molar-refractivity contribution in [1.82, 2.24) is 16.0 Å². The van der Waals surface area contributed by atoms with Gasteiger partial charge in [-0.2, -0.15) is 0 Å². The Morgan fingerprint density at radius 2 is 1.76 bits per heavy atom. The predicted molar refractivity (Wildman–Crippen MR) is 130 cm³/mol. The molecule has 0 heterocycles. The lowest BCUT2D eigenvalue weighted by atomic mass is 9.98. The number of amides is 1. The second kappa shape index (κ2) is 16.4. The highest BCUT2D eigenvalue weighted by molar-refractivity contribution is 14.0. The number of hydrogen-bond donors (Lipinski definition) is 3. The number of nitrogens with zero attached hydrogens (tertiary/aromatic N) is 1. The Morgan fingerprint density at radius 1 is 1.03 bits per heavy atom. The number of benzene rings is 1. The number of nitrogens with one attached hydrogen (secondary N) is 3. The van der Waals surface area contributed by atoms with E-state index in [4.69, 9.17) is 4.74 Å². The van der Waals surface area contributed by atoms with Crippen molar-refractivity contribution in [2.45, 2.75) is 58.0 Å². The number of carbonyl (C=O) groups excluding carboxylic acids is 1. The van der Waals surface area contributed by atoms with Gasteiger partial charge < -0.3 is 20.7 Å². The molecule has 7 heteroatoms. The molecule has 0 atom stereocenters. The lowest BCUT2D eigenvalue weighted by Gasteiger charge is -2.22. The second-order valence-electron chi connectivity index (χ2n) is 7.15. The van der Waals surface area contributed by atoms with Gasteiger partial charge in [0.15, 0.2) is 5.96 Å². The fraction of sp³-hybridized carbons (Fsp3) is 0.636. The number of aliphatic imine (C=N–C) groups is 1. The maximum atomic E-state index is 12.0. The van der Waals surface area contributed by atoms with E-state index in [0.717, 1.165) is 38.5 Å². The van der Waals surface area contributed by atoms with Crippen molar-refractivity contribution in [2.24, 2.45) is 4.99 Å². The molecule has 164 valence electrons. The largest absolute Gasteiger partial charge is 0.378 e. The van der Waals surface area contributed by atoms with Crippen molar-refractivity contribution < 1.29 is 9.53 Å². The number of halogens is 1. The summed E-state index contributed by atoms with van der Waals surface area (Å²) in [4.78, 5) is 16.6. The van der Waals surface area contributed by atoms with Crippen LogP contribution in [0.5, 0.6) is 0 Å². The first-order chi connectivity index (χ1) is 13.8. The van der Waals surface area contributed by atoms with Crippen molar-refractivity contribution in [3.63, 3.8) is 0 Å². The van der Waals surface area contributed by atoms with Crippen LogP contribution in [0.1, 0.15) is 62.2 Å². The first kappa shape index (κ1) is 25.7. The van der Waals surface area contributed by atoms with Gasteiger partial charge in [-0.25, -0.2) is 0 Å². The Hall–Kier alpha value is -1.35. The average molecular weight is 516 g/mol. The molecule has 1 aromatic carbocycles. The third kappa shape index (κ3) is 11.4. The van der Waals surface area contributed by atoms with Crippen molar-refractivity contribution in [3.8, 4) is 0 Å². The SMILES string of the molecule is CCNC(=NCCCNC(=O)c1ccccc1)NCCCOC1CCCCC1.I. The number of rotatable bonds is 11. The van der Waals surface area contributed by atoms with E-state index in [1.807, 2.05) is 30.3 Å². The zero-order valence-electron chi connectivity index (χ0n) is 17.6. The number of ether oxygens (including phenoxy) is 1. The van der Waals surface area contributed by atoms with Crippen LogP contribution in [0.4, 0.5) is 0 Å². The maximum Gasteiger partial charge on any atom is 0.251 e. The van der Waals surface area contributed by atoms with Crippen LogP contribution in [0, 0.1) is 0 Å². The molecule has 1 fully saturated rings. The van der Waals surface area contributed by atoms with Gasteiger partial charge in [-0.15, -0.1) is 24.0 Å². The van der Waals surface area contributed by atoms with Gasteiger partial charge >= 0.3 is 0 Å². The van der Waals surface area contributed by atoms with Gasteiger partial charge in [-0.05, 0) is 44.7 Å². The van der Waals surface area contributed by atoms with E-state index in [2.05, 4.69) is 27.9 Å². The van der Waals surface area contributed by atoms with Crippen LogP contribution in [0.2, 0.25) is 0 Å². The average Bonchev–Trinajstić information content (AvgIpc) is 2.74. The van der Waals surface area contributed by atoms with Crippen LogP contribution < -0.4 is 16.0 Å². The summed E-state index contributed by atoms with van der Waals surface area (Å²) in [7, 11) is 0. The molecule has 6 nitrogen and oxygen atoms in total. The zero-order valence-corrected chi connectivity index (χ0v) is 20.0. The van der Waals surface area contributed by atoms with Gasteiger partial charge in [-0.1, -0.05) is 37.5 Å². The molecule has 0 radical (unpaired) electrons. The van der Waals surface area contributed by atoms with E-state index in [-0.39, 0.29) is 29.9 Å². The first-order valence-corrected chi connectivity index (χ1v) is 10.8. The summed E-state index contributed by atoms with van der Waals surface area (Å²) in [5.74, 6) is 0.794.